The molecular formula is C36H39ClN2O8Si. The number of amides is 3. The quantitative estimate of drug-likeness (QED) is 0.106. The highest BCUT2D eigenvalue weighted by molar-refractivity contribution is 6.74. The molecule has 0 radical (unpaired) electrons. The van der Waals surface area contributed by atoms with Crippen LogP contribution in [0.2, 0.25) is 23.2 Å². The second kappa shape index (κ2) is 13.7. The molecule has 5 rings (SSSR count). The Morgan fingerprint density at radius 1 is 0.854 bits per heavy atom. The molecule has 3 aromatic carbocycles. The van der Waals surface area contributed by atoms with Crippen LogP contribution < -0.4 is 0 Å². The van der Waals surface area contributed by atoms with E-state index in [4.69, 9.17) is 25.5 Å². The summed E-state index contributed by atoms with van der Waals surface area (Å²) in [5.41, 5.74) is 1.29. The van der Waals surface area contributed by atoms with Crippen molar-refractivity contribution in [3.8, 4) is 0 Å². The summed E-state index contributed by atoms with van der Waals surface area (Å²) in [5.74, 6) is -3.38. The van der Waals surface area contributed by atoms with Gasteiger partial charge in [0, 0.05) is 5.02 Å². The predicted molar refractivity (Wildman–Crippen MR) is 181 cm³/mol. The van der Waals surface area contributed by atoms with E-state index in [-0.39, 0.29) is 28.3 Å². The first-order valence-electron chi connectivity index (χ1n) is 15.7. The number of imide groups is 1. The van der Waals surface area contributed by atoms with Gasteiger partial charge in [0.25, 0.3) is 11.8 Å². The minimum absolute atomic E-state index is 0.0525. The predicted octanol–water partition coefficient (Wildman–Crippen LogP) is 5.89. The molecule has 1 fully saturated rings. The van der Waals surface area contributed by atoms with Crippen LogP contribution in [0.4, 0.5) is 0 Å². The summed E-state index contributed by atoms with van der Waals surface area (Å²) in [5, 5.41) is 0.204. The summed E-state index contributed by atoms with van der Waals surface area (Å²) >= 11 is 5.98. The molecule has 3 amide bonds. The Balaban J connectivity index is 1.49. The van der Waals surface area contributed by atoms with Crippen molar-refractivity contribution < 1.29 is 37.9 Å². The normalized spacial score (nSPS) is 19.0. The van der Waals surface area contributed by atoms with Gasteiger partial charge < -0.3 is 18.8 Å². The molecule has 4 unspecified atom stereocenters. The lowest BCUT2D eigenvalue weighted by atomic mass is 9.89. The molecule has 4 atom stereocenters. The van der Waals surface area contributed by atoms with E-state index in [0.29, 0.717) is 5.02 Å². The van der Waals surface area contributed by atoms with Gasteiger partial charge in [-0.15, -0.1) is 0 Å². The van der Waals surface area contributed by atoms with Crippen LogP contribution in [-0.4, -0.2) is 78.6 Å². The number of hydrogen-bond donors (Lipinski definition) is 0. The number of carbonyl (C=O) groups is 5. The van der Waals surface area contributed by atoms with Crippen LogP contribution in [0.25, 0.3) is 0 Å². The van der Waals surface area contributed by atoms with E-state index in [1.165, 1.54) is 41.3 Å². The van der Waals surface area contributed by atoms with Crippen molar-refractivity contribution >= 4 is 49.6 Å². The number of esters is 2. The standard InChI is InChI=1S/C36H39ClN2O8Si/c1-22(47-48(5,6)36(2,3)4)29(35(44)45-20-23-12-8-7-9-13-23)38-28(21-46-34(43)24-16-18-25(37)19-17-24)30(33(38)42)39-31(40)26-14-10-11-15-27(26)32(39)41/h7-19,22,28-30H,20-21H2,1-6H3. The summed E-state index contributed by atoms with van der Waals surface area (Å²) in [4.78, 5) is 70.5. The maximum Gasteiger partial charge on any atom is 0.338 e. The molecule has 48 heavy (non-hydrogen) atoms. The van der Waals surface area contributed by atoms with Gasteiger partial charge in [0.2, 0.25) is 5.91 Å². The van der Waals surface area contributed by atoms with Gasteiger partial charge in [-0.1, -0.05) is 74.8 Å². The Kier molecular flexibility index (Phi) is 9.96. The molecular weight excluding hydrogens is 652 g/mol. The third-order valence-corrected chi connectivity index (χ3v) is 14.1. The fourth-order valence-electron chi connectivity index (χ4n) is 5.69. The van der Waals surface area contributed by atoms with Gasteiger partial charge in [-0.25, -0.2) is 9.59 Å². The molecule has 0 bridgehead atoms. The number of fused-ring (bicyclic) bond motifs is 1. The fraction of sp³-hybridized carbons (Fsp3) is 0.361. The number of carbonyl (C=O) groups excluding carboxylic acids is 5. The van der Waals surface area contributed by atoms with Gasteiger partial charge in [0.05, 0.1) is 28.8 Å². The van der Waals surface area contributed by atoms with Gasteiger partial charge in [-0.3, -0.25) is 19.3 Å². The highest BCUT2D eigenvalue weighted by Gasteiger charge is 2.61. The zero-order valence-electron chi connectivity index (χ0n) is 27.8. The second-order valence-electron chi connectivity index (χ2n) is 13.5. The van der Waals surface area contributed by atoms with Crippen molar-refractivity contribution in [2.24, 2.45) is 0 Å². The third kappa shape index (κ3) is 6.80. The smallest absolute Gasteiger partial charge is 0.338 e. The molecule has 2 aliphatic heterocycles. The number of β-lactam (4-membered cyclic amide) rings is 1. The van der Waals surface area contributed by atoms with E-state index in [0.717, 1.165) is 10.5 Å². The minimum Gasteiger partial charge on any atom is -0.460 e. The lowest BCUT2D eigenvalue weighted by Crippen LogP contribution is -2.77. The third-order valence-electron chi connectivity index (χ3n) is 9.29. The summed E-state index contributed by atoms with van der Waals surface area (Å²) in [7, 11) is -2.50. The average Bonchev–Trinajstić information content (AvgIpc) is 3.29. The summed E-state index contributed by atoms with van der Waals surface area (Å²) < 4.78 is 18.1. The number of rotatable bonds is 11. The van der Waals surface area contributed by atoms with Gasteiger partial charge in [-0.05, 0) is 67.0 Å². The van der Waals surface area contributed by atoms with Crippen LogP contribution in [-0.2, 0) is 30.1 Å². The first-order chi connectivity index (χ1) is 22.6. The maximum absolute atomic E-state index is 14.2. The number of benzene rings is 3. The Morgan fingerprint density at radius 2 is 1.42 bits per heavy atom. The van der Waals surface area contributed by atoms with Gasteiger partial charge in [0.1, 0.15) is 19.3 Å². The van der Waals surface area contributed by atoms with Crippen molar-refractivity contribution in [1.82, 2.24) is 9.80 Å². The van der Waals surface area contributed by atoms with E-state index in [1.807, 2.05) is 43.4 Å². The number of hydrogen-bond acceptors (Lipinski definition) is 8. The molecule has 252 valence electrons. The number of nitrogens with zero attached hydrogens (tertiary/aromatic N) is 2. The molecule has 12 heteroatoms. The largest absolute Gasteiger partial charge is 0.460 e. The lowest BCUT2D eigenvalue weighted by Gasteiger charge is -2.53. The maximum atomic E-state index is 14.2. The topological polar surface area (TPSA) is 120 Å². The Hall–Kier alpha value is -4.32. The molecule has 0 aromatic heterocycles. The number of halogens is 1. The molecule has 2 aliphatic rings. The molecule has 0 spiro atoms. The summed E-state index contributed by atoms with van der Waals surface area (Å²) in [6.45, 7) is 11.5. The van der Waals surface area contributed by atoms with E-state index < -0.39 is 68.8 Å². The van der Waals surface area contributed by atoms with Crippen molar-refractivity contribution in [3.05, 3.63) is 106 Å². The van der Waals surface area contributed by atoms with E-state index >= 15 is 0 Å². The zero-order chi connectivity index (χ0) is 35.0. The average molecular weight is 691 g/mol. The first-order valence-corrected chi connectivity index (χ1v) is 19.0. The van der Waals surface area contributed by atoms with Gasteiger partial charge in [0.15, 0.2) is 14.4 Å². The van der Waals surface area contributed by atoms with Crippen molar-refractivity contribution in [1.29, 1.82) is 0 Å². The van der Waals surface area contributed by atoms with Crippen molar-refractivity contribution in [2.45, 2.75) is 76.7 Å². The number of likely N-dealkylation sites (tertiary alicyclic amines) is 1. The fourth-order valence-corrected chi connectivity index (χ4v) is 7.23. The Bertz CT molecular complexity index is 1690. The summed E-state index contributed by atoms with van der Waals surface area (Å²) in [6, 6.07) is 17.8. The van der Waals surface area contributed by atoms with E-state index in [9.17, 15) is 24.0 Å². The zero-order valence-corrected chi connectivity index (χ0v) is 29.5. The molecule has 10 nitrogen and oxygen atoms in total. The molecule has 0 aliphatic carbocycles. The SMILES string of the molecule is CC(O[Si](C)(C)C(C)(C)C)C(C(=O)OCc1ccccc1)N1C(=O)C(N2C(=O)c3ccccc3C2=O)C1COC(=O)c1ccc(Cl)cc1. The summed E-state index contributed by atoms with van der Waals surface area (Å²) in [6.07, 6.45) is -0.851. The van der Waals surface area contributed by atoms with Crippen LogP contribution in [0.5, 0.6) is 0 Å². The van der Waals surface area contributed by atoms with Crippen LogP contribution in [0, 0.1) is 0 Å². The molecule has 0 N–H and O–H groups in total. The first kappa shape index (κ1) is 35.0. The molecule has 2 heterocycles. The van der Waals surface area contributed by atoms with E-state index in [1.54, 1.807) is 19.1 Å². The van der Waals surface area contributed by atoms with Crippen LogP contribution in [0.3, 0.4) is 0 Å². The van der Waals surface area contributed by atoms with Gasteiger partial charge >= 0.3 is 11.9 Å². The van der Waals surface area contributed by atoms with Gasteiger partial charge in [-0.2, -0.15) is 0 Å². The Morgan fingerprint density at radius 3 is 1.98 bits per heavy atom. The minimum atomic E-state index is -2.50. The molecule has 1 saturated heterocycles. The molecule has 0 saturated carbocycles. The van der Waals surface area contributed by atoms with Crippen LogP contribution >= 0.6 is 11.6 Å². The van der Waals surface area contributed by atoms with Crippen molar-refractivity contribution in [3.63, 3.8) is 0 Å². The Labute approximate surface area is 286 Å². The monoisotopic (exact) mass is 690 g/mol. The second-order valence-corrected chi connectivity index (χ2v) is 18.7. The lowest BCUT2D eigenvalue weighted by molar-refractivity contribution is -0.180. The van der Waals surface area contributed by atoms with Crippen LogP contribution in [0.15, 0.2) is 78.9 Å². The van der Waals surface area contributed by atoms with E-state index in [2.05, 4.69) is 20.8 Å². The van der Waals surface area contributed by atoms with Crippen molar-refractivity contribution in [2.75, 3.05) is 6.61 Å². The highest BCUT2D eigenvalue weighted by atomic mass is 35.5. The van der Waals surface area contributed by atoms with Crippen LogP contribution in [0.1, 0.15) is 64.3 Å². The highest BCUT2D eigenvalue weighted by Crippen LogP contribution is 2.40. The number of ether oxygens (including phenoxy) is 2. The molecule has 3 aromatic rings.